The lowest BCUT2D eigenvalue weighted by Crippen LogP contribution is -2.39. The van der Waals surface area contributed by atoms with Gasteiger partial charge in [-0.25, -0.2) is 0 Å². The first-order valence-electron chi connectivity index (χ1n) is 5.86. The fourth-order valence-electron chi connectivity index (χ4n) is 2.03. The Labute approximate surface area is 111 Å². The molecule has 0 saturated carbocycles. The van der Waals surface area contributed by atoms with E-state index in [-0.39, 0.29) is 18.8 Å². The second-order valence-electron chi connectivity index (χ2n) is 4.67. The van der Waals surface area contributed by atoms with Crippen LogP contribution in [0.1, 0.15) is 12.5 Å². The summed E-state index contributed by atoms with van der Waals surface area (Å²) in [5.41, 5.74) is 1.26. The molecule has 0 spiro atoms. The van der Waals surface area contributed by atoms with Crippen molar-refractivity contribution in [2.75, 3.05) is 20.2 Å². The van der Waals surface area contributed by atoms with Crippen LogP contribution in [0.5, 0.6) is 5.75 Å². The smallest absolute Gasteiger partial charge is 0.123 e. The van der Waals surface area contributed by atoms with Gasteiger partial charge in [0.05, 0.1) is 6.61 Å². The highest BCUT2D eigenvalue weighted by molar-refractivity contribution is 9.10. The molecular formula is C13H18BrNO2. The number of benzene rings is 1. The van der Waals surface area contributed by atoms with Crippen molar-refractivity contribution in [3.8, 4) is 5.75 Å². The van der Waals surface area contributed by atoms with Gasteiger partial charge in [0.2, 0.25) is 0 Å². The number of aliphatic hydroxyl groups excluding tert-OH is 1. The fraction of sp³-hybridized carbons (Fsp3) is 0.538. The van der Waals surface area contributed by atoms with Gasteiger partial charge in [-0.1, -0.05) is 15.9 Å². The molecule has 0 radical (unpaired) electrons. The molecule has 1 aromatic carbocycles. The highest BCUT2D eigenvalue weighted by atomic mass is 79.9. The molecule has 3 nitrogen and oxygen atoms in total. The molecule has 0 aromatic heterocycles. The minimum atomic E-state index is 0.175. The van der Waals surface area contributed by atoms with E-state index >= 15 is 0 Å². The number of rotatable bonds is 4. The van der Waals surface area contributed by atoms with E-state index in [1.54, 1.807) is 0 Å². The zero-order valence-electron chi connectivity index (χ0n) is 10.2. The number of fused-ring (bicyclic) bond motifs is 1. The van der Waals surface area contributed by atoms with Crippen LogP contribution < -0.4 is 4.74 Å². The van der Waals surface area contributed by atoms with E-state index in [2.05, 4.69) is 26.9 Å². The average molecular weight is 300 g/mol. The van der Waals surface area contributed by atoms with Crippen molar-refractivity contribution in [1.29, 1.82) is 0 Å². The first-order valence-corrected chi connectivity index (χ1v) is 6.65. The quantitative estimate of drug-likeness (QED) is 0.924. The third kappa shape index (κ3) is 3.00. The Bertz CT molecular complexity index is 397. The van der Waals surface area contributed by atoms with E-state index < -0.39 is 0 Å². The highest BCUT2D eigenvalue weighted by Gasteiger charge is 2.25. The van der Waals surface area contributed by atoms with Crippen molar-refractivity contribution in [3.63, 3.8) is 0 Å². The van der Waals surface area contributed by atoms with Crippen molar-refractivity contribution < 1.29 is 9.84 Å². The minimum Gasteiger partial charge on any atom is -0.488 e. The number of ether oxygens (including phenoxy) is 1. The summed E-state index contributed by atoms with van der Waals surface area (Å²) in [4.78, 5) is 2.13. The van der Waals surface area contributed by atoms with Crippen molar-refractivity contribution in [2.45, 2.75) is 25.5 Å². The van der Waals surface area contributed by atoms with Crippen LogP contribution in [0.2, 0.25) is 0 Å². The molecule has 0 aliphatic carbocycles. The van der Waals surface area contributed by atoms with Crippen LogP contribution in [0.25, 0.3) is 0 Å². The zero-order chi connectivity index (χ0) is 12.4. The molecule has 1 aliphatic heterocycles. The molecule has 0 amide bonds. The molecule has 17 heavy (non-hydrogen) atoms. The first kappa shape index (κ1) is 12.9. The molecule has 0 bridgehead atoms. The molecule has 0 fully saturated rings. The SMILES string of the molecule is CC(CO)N(C)CC1Cc2cc(Br)ccc2O1. The van der Waals surface area contributed by atoms with Gasteiger partial charge in [0.1, 0.15) is 11.9 Å². The Hall–Kier alpha value is -0.580. The van der Waals surface area contributed by atoms with Crippen LogP contribution in [-0.4, -0.2) is 42.4 Å². The second-order valence-corrected chi connectivity index (χ2v) is 5.58. The van der Waals surface area contributed by atoms with Crippen molar-refractivity contribution in [1.82, 2.24) is 4.90 Å². The van der Waals surface area contributed by atoms with E-state index in [0.29, 0.717) is 0 Å². The van der Waals surface area contributed by atoms with E-state index in [9.17, 15) is 0 Å². The first-order chi connectivity index (χ1) is 8.10. The van der Waals surface area contributed by atoms with Gasteiger partial charge in [0.25, 0.3) is 0 Å². The molecule has 2 unspecified atom stereocenters. The Balaban J connectivity index is 1.96. The molecule has 0 saturated heterocycles. The number of nitrogens with zero attached hydrogens (tertiary/aromatic N) is 1. The van der Waals surface area contributed by atoms with Crippen molar-refractivity contribution in [2.24, 2.45) is 0 Å². The predicted molar refractivity (Wildman–Crippen MR) is 71.4 cm³/mol. The number of hydrogen-bond acceptors (Lipinski definition) is 3. The number of likely N-dealkylation sites (N-methyl/N-ethyl adjacent to an activating group) is 1. The molecule has 2 rings (SSSR count). The largest absolute Gasteiger partial charge is 0.488 e. The average Bonchev–Trinajstić information content (AvgIpc) is 2.69. The maximum absolute atomic E-state index is 9.10. The Kier molecular flexibility index (Phi) is 4.07. The second kappa shape index (κ2) is 5.38. The molecule has 4 heteroatoms. The maximum atomic E-state index is 9.10. The standard InChI is InChI=1S/C13H18BrNO2/c1-9(8-16)15(2)7-12-6-10-5-11(14)3-4-13(10)17-12/h3-5,9,12,16H,6-8H2,1-2H3. The number of halogens is 1. The summed E-state index contributed by atoms with van der Waals surface area (Å²) < 4.78 is 6.98. The highest BCUT2D eigenvalue weighted by Crippen LogP contribution is 2.31. The van der Waals surface area contributed by atoms with Crippen LogP contribution in [0.3, 0.4) is 0 Å². The van der Waals surface area contributed by atoms with Crippen LogP contribution in [0.15, 0.2) is 22.7 Å². The lowest BCUT2D eigenvalue weighted by atomic mass is 10.1. The Morgan fingerprint density at radius 2 is 2.35 bits per heavy atom. The van der Waals surface area contributed by atoms with Gasteiger partial charge in [-0.05, 0) is 37.7 Å². The van der Waals surface area contributed by atoms with E-state index in [4.69, 9.17) is 9.84 Å². The summed E-state index contributed by atoms with van der Waals surface area (Å²) in [5.74, 6) is 0.989. The fourth-order valence-corrected chi connectivity index (χ4v) is 2.44. The Morgan fingerprint density at radius 3 is 3.06 bits per heavy atom. The van der Waals surface area contributed by atoms with Crippen LogP contribution >= 0.6 is 15.9 Å². The van der Waals surface area contributed by atoms with Gasteiger partial charge < -0.3 is 9.84 Å². The van der Waals surface area contributed by atoms with Crippen molar-refractivity contribution >= 4 is 15.9 Å². The molecule has 1 aromatic rings. The molecule has 2 atom stereocenters. The normalized spacial score (nSPS) is 20.2. The molecule has 1 N–H and O–H groups in total. The number of hydrogen-bond donors (Lipinski definition) is 1. The predicted octanol–water partition coefficient (Wildman–Crippen LogP) is 2.07. The van der Waals surface area contributed by atoms with Crippen LogP contribution in [-0.2, 0) is 6.42 Å². The lowest BCUT2D eigenvalue weighted by Gasteiger charge is -2.25. The Morgan fingerprint density at radius 1 is 1.59 bits per heavy atom. The summed E-state index contributed by atoms with van der Waals surface area (Å²) in [6.45, 7) is 3.04. The number of aliphatic hydroxyl groups is 1. The van der Waals surface area contributed by atoms with E-state index in [1.165, 1.54) is 5.56 Å². The summed E-state index contributed by atoms with van der Waals surface area (Å²) in [6.07, 6.45) is 1.13. The van der Waals surface area contributed by atoms with Gasteiger partial charge in [0.15, 0.2) is 0 Å². The maximum Gasteiger partial charge on any atom is 0.123 e. The third-order valence-electron chi connectivity index (χ3n) is 3.27. The molecular weight excluding hydrogens is 282 g/mol. The summed E-state index contributed by atoms with van der Waals surface area (Å²) in [5, 5.41) is 9.10. The third-order valence-corrected chi connectivity index (χ3v) is 3.77. The monoisotopic (exact) mass is 299 g/mol. The molecule has 94 valence electrons. The van der Waals surface area contributed by atoms with Crippen molar-refractivity contribution in [3.05, 3.63) is 28.2 Å². The van der Waals surface area contributed by atoms with Gasteiger partial charge in [0, 0.05) is 23.5 Å². The topological polar surface area (TPSA) is 32.7 Å². The summed E-state index contributed by atoms with van der Waals surface area (Å²) >= 11 is 3.47. The van der Waals surface area contributed by atoms with E-state index in [1.807, 2.05) is 26.1 Å². The van der Waals surface area contributed by atoms with Gasteiger partial charge in [-0.2, -0.15) is 0 Å². The van der Waals surface area contributed by atoms with E-state index in [0.717, 1.165) is 23.2 Å². The van der Waals surface area contributed by atoms with Gasteiger partial charge in [-0.15, -0.1) is 0 Å². The molecule has 1 heterocycles. The minimum absolute atomic E-state index is 0.175. The molecule has 1 aliphatic rings. The summed E-state index contributed by atoms with van der Waals surface area (Å²) in [7, 11) is 2.02. The van der Waals surface area contributed by atoms with Gasteiger partial charge in [-0.3, -0.25) is 4.90 Å². The summed E-state index contributed by atoms with van der Waals surface area (Å²) in [6, 6.07) is 6.30. The van der Waals surface area contributed by atoms with Crippen LogP contribution in [0.4, 0.5) is 0 Å². The van der Waals surface area contributed by atoms with Crippen LogP contribution in [0, 0.1) is 0 Å². The zero-order valence-corrected chi connectivity index (χ0v) is 11.8. The lowest BCUT2D eigenvalue weighted by molar-refractivity contribution is 0.110. The van der Waals surface area contributed by atoms with Gasteiger partial charge >= 0.3 is 0 Å².